The van der Waals surface area contributed by atoms with Gasteiger partial charge in [0, 0.05) is 51.3 Å². The number of carbonyl (C=O) groups excluding carboxylic acids is 3. The fraction of sp³-hybridized carbons (Fsp3) is 0.643. The number of carboxylic acid groups (broad SMARTS) is 1. The van der Waals surface area contributed by atoms with Crippen LogP contribution in [0.15, 0.2) is 18.2 Å². The van der Waals surface area contributed by atoms with Crippen LogP contribution in [0.5, 0.6) is 0 Å². The van der Waals surface area contributed by atoms with Gasteiger partial charge in [-0.1, -0.05) is 11.6 Å². The van der Waals surface area contributed by atoms with Gasteiger partial charge < -0.3 is 15.3 Å². The first-order valence-corrected chi connectivity index (χ1v) is 15.1. The molecule has 0 spiro atoms. The summed E-state index contributed by atoms with van der Waals surface area (Å²) in [5.74, 6) is -5.40. The zero-order chi connectivity index (χ0) is 32.9. The van der Waals surface area contributed by atoms with Crippen LogP contribution in [0, 0.1) is 5.92 Å². The summed E-state index contributed by atoms with van der Waals surface area (Å²) in [5.41, 5.74) is 0.861. The van der Waals surface area contributed by atoms with E-state index in [0.29, 0.717) is 61.3 Å². The Morgan fingerprint density at radius 3 is 2.22 bits per heavy atom. The number of hydrogen-bond acceptors (Lipinski definition) is 7. The topological polar surface area (TPSA) is 126 Å². The molecule has 3 N–H and O–H groups in total. The number of nitrogens with zero attached hydrogens (tertiary/aromatic N) is 4. The van der Waals surface area contributed by atoms with E-state index in [9.17, 15) is 36.3 Å². The standard InChI is InChI=1S/C26H35ClF2N6O3.C2HF3O2/c27-20-2-1-19(15-21(20)35-10-6-23(36)31-25(35)38)24(37)34-13-11-32(12-14-34)16-18-4-8-33(9-5-18)22-3-7-30-17-26(22,28)29;3-2(4,5)1(6)7/h1-2,15,18,22,30H,3-14,16-17H2,(H,31,36,38);(H,6,7). The molecule has 45 heavy (non-hydrogen) atoms. The summed E-state index contributed by atoms with van der Waals surface area (Å²) >= 11 is 6.32. The number of nitrogens with one attached hydrogen (secondary N) is 2. The Labute approximate surface area is 261 Å². The highest BCUT2D eigenvalue weighted by Crippen LogP contribution is 2.32. The van der Waals surface area contributed by atoms with Gasteiger partial charge in [-0.05, 0) is 63.0 Å². The van der Waals surface area contributed by atoms with E-state index in [0.717, 1.165) is 32.5 Å². The second-order valence-electron chi connectivity index (χ2n) is 11.5. The fourth-order valence-corrected chi connectivity index (χ4v) is 6.27. The SMILES string of the molecule is O=C(O)C(F)(F)F.O=C1CCN(c2cc(C(=O)N3CCN(CC4CCN(C5CCNCC5(F)F)CC4)CC3)ccc2Cl)C(=O)N1. The lowest BCUT2D eigenvalue weighted by Gasteiger charge is -2.44. The number of alkyl halides is 5. The Kier molecular flexibility index (Phi) is 11.3. The van der Waals surface area contributed by atoms with Crippen LogP contribution in [-0.4, -0.2) is 127 Å². The third kappa shape index (κ3) is 9.01. The van der Waals surface area contributed by atoms with Crippen molar-refractivity contribution in [2.24, 2.45) is 5.92 Å². The molecule has 0 aromatic heterocycles. The van der Waals surface area contributed by atoms with E-state index in [2.05, 4.69) is 15.5 Å². The summed E-state index contributed by atoms with van der Waals surface area (Å²) in [6.45, 7) is 5.68. The molecule has 4 aliphatic heterocycles. The highest BCUT2D eigenvalue weighted by Gasteiger charge is 2.45. The van der Waals surface area contributed by atoms with Crippen LogP contribution < -0.4 is 15.5 Å². The van der Waals surface area contributed by atoms with Crippen molar-refractivity contribution in [3.63, 3.8) is 0 Å². The van der Waals surface area contributed by atoms with E-state index in [4.69, 9.17) is 21.5 Å². The minimum atomic E-state index is -5.08. The van der Waals surface area contributed by atoms with Crippen molar-refractivity contribution >= 4 is 41.1 Å². The van der Waals surface area contributed by atoms with Gasteiger partial charge >= 0.3 is 18.2 Å². The Hall–Kier alpha value is -3.08. The summed E-state index contributed by atoms with van der Waals surface area (Å²) in [5, 5.41) is 12.5. The molecule has 0 radical (unpaired) electrons. The second-order valence-corrected chi connectivity index (χ2v) is 11.9. The van der Waals surface area contributed by atoms with Gasteiger partial charge in [0.15, 0.2) is 0 Å². The highest BCUT2D eigenvalue weighted by atomic mass is 35.5. The Morgan fingerprint density at radius 2 is 1.64 bits per heavy atom. The van der Waals surface area contributed by atoms with Gasteiger partial charge in [0.1, 0.15) is 0 Å². The zero-order valence-electron chi connectivity index (χ0n) is 24.4. The van der Waals surface area contributed by atoms with Crippen molar-refractivity contribution in [3.8, 4) is 0 Å². The van der Waals surface area contributed by atoms with Crippen LogP contribution in [-0.2, 0) is 9.59 Å². The van der Waals surface area contributed by atoms with E-state index >= 15 is 0 Å². The van der Waals surface area contributed by atoms with Crippen molar-refractivity contribution in [2.45, 2.75) is 43.8 Å². The number of imide groups is 1. The number of hydrogen-bond donors (Lipinski definition) is 3. The predicted octanol–water partition coefficient (Wildman–Crippen LogP) is 2.89. The molecular formula is C28H36ClF5N6O5. The zero-order valence-corrected chi connectivity index (χ0v) is 25.2. The number of carbonyl (C=O) groups is 4. The molecule has 1 atom stereocenters. The largest absolute Gasteiger partial charge is 0.490 e. The van der Waals surface area contributed by atoms with E-state index in [1.165, 1.54) is 4.90 Å². The summed E-state index contributed by atoms with van der Waals surface area (Å²) in [4.78, 5) is 53.4. The number of piperidine rings is 2. The highest BCUT2D eigenvalue weighted by molar-refractivity contribution is 6.34. The molecule has 1 unspecified atom stereocenters. The average molecular weight is 667 g/mol. The van der Waals surface area contributed by atoms with Crippen LogP contribution in [0.2, 0.25) is 5.02 Å². The summed E-state index contributed by atoms with van der Waals surface area (Å²) in [7, 11) is 0. The van der Waals surface area contributed by atoms with E-state index in [1.807, 2.05) is 9.80 Å². The first-order chi connectivity index (χ1) is 21.2. The number of urea groups is 1. The van der Waals surface area contributed by atoms with Gasteiger partial charge in [-0.2, -0.15) is 13.2 Å². The molecule has 1 aromatic rings. The molecule has 1 aromatic carbocycles. The van der Waals surface area contributed by atoms with Crippen molar-refractivity contribution < 1.29 is 46.2 Å². The molecule has 4 aliphatic rings. The maximum atomic E-state index is 14.3. The quantitative estimate of drug-likeness (QED) is 0.410. The van der Waals surface area contributed by atoms with Crippen LogP contribution in [0.1, 0.15) is 36.0 Å². The third-order valence-electron chi connectivity index (χ3n) is 8.49. The number of amides is 4. The third-order valence-corrected chi connectivity index (χ3v) is 8.81. The lowest BCUT2D eigenvalue weighted by atomic mass is 9.92. The van der Waals surface area contributed by atoms with E-state index < -0.39 is 30.1 Å². The van der Waals surface area contributed by atoms with Gasteiger partial charge in [0.2, 0.25) is 5.91 Å². The molecule has 4 heterocycles. The second kappa shape index (κ2) is 14.6. The van der Waals surface area contributed by atoms with E-state index in [-0.39, 0.29) is 31.3 Å². The fourth-order valence-electron chi connectivity index (χ4n) is 6.05. The minimum Gasteiger partial charge on any atom is -0.475 e. The van der Waals surface area contributed by atoms with Crippen molar-refractivity contribution in [1.29, 1.82) is 0 Å². The minimum absolute atomic E-state index is 0.118. The molecule has 4 amide bonds. The van der Waals surface area contributed by atoms with Crippen LogP contribution >= 0.6 is 11.6 Å². The molecule has 0 saturated carbocycles. The average Bonchev–Trinajstić information content (AvgIpc) is 2.98. The van der Waals surface area contributed by atoms with Gasteiger partial charge in [-0.15, -0.1) is 0 Å². The number of carboxylic acids is 1. The first kappa shape index (κ1) is 34.8. The normalized spacial score (nSPS) is 23.6. The van der Waals surface area contributed by atoms with Crippen LogP contribution in [0.3, 0.4) is 0 Å². The van der Waals surface area contributed by atoms with Gasteiger partial charge in [0.25, 0.3) is 11.8 Å². The van der Waals surface area contributed by atoms with Gasteiger partial charge in [-0.25, -0.2) is 18.4 Å². The summed E-state index contributed by atoms with van der Waals surface area (Å²) < 4.78 is 60.4. The number of anilines is 1. The number of rotatable bonds is 5. The molecule has 11 nitrogen and oxygen atoms in total. The number of benzene rings is 1. The Balaban J connectivity index is 0.000000591. The smallest absolute Gasteiger partial charge is 0.475 e. The molecule has 0 bridgehead atoms. The number of halogens is 6. The summed E-state index contributed by atoms with van der Waals surface area (Å²) in [6, 6.07) is 3.69. The lowest BCUT2D eigenvalue weighted by molar-refractivity contribution is -0.192. The summed E-state index contributed by atoms with van der Waals surface area (Å²) in [6.07, 6.45) is -2.58. The lowest BCUT2D eigenvalue weighted by Crippen LogP contribution is -2.59. The first-order valence-electron chi connectivity index (χ1n) is 14.7. The molecule has 0 aliphatic carbocycles. The number of likely N-dealkylation sites (tertiary alicyclic amines) is 1. The maximum absolute atomic E-state index is 14.3. The molecule has 4 fully saturated rings. The van der Waals surface area contributed by atoms with Crippen LogP contribution in [0.4, 0.5) is 32.4 Å². The number of piperazine rings is 1. The maximum Gasteiger partial charge on any atom is 0.490 e. The van der Waals surface area contributed by atoms with Crippen LogP contribution in [0.25, 0.3) is 0 Å². The Morgan fingerprint density at radius 1 is 1.00 bits per heavy atom. The molecule has 5 rings (SSSR count). The number of aliphatic carboxylic acids is 1. The monoisotopic (exact) mass is 666 g/mol. The molecular weight excluding hydrogens is 631 g/mol. The van der Waals surface area contributed by atoms with Crippen molar-refractivity contribution in [1.82, 2.24) is 25.3 Å². The molecule has 17 heteroatoms. The van der Waals surface area contributed by atoms with E-state index in [1.54, 1.807) is 18.2 Å². The van der Waals surface area contributed by atoms with Crippen molar-refractivity contribution in [3.05, 3.63) is 28.8 Å². The van der Waals surface area contributed by atoms with Gasteiger partial charge in [0.05, 0.1) is 23.3 Å². The molecule has 250 valence electrons. The predicted molar refractivity (Wildman–Crippen MR) is 154 cm³/mol. The Bertz CT molecular complexity index is 1250. The molecule has 4 saturated heterocycles. The van der Waals surface area contributed by atoms with Gasteiger partial charge in [-0.3, -0.25) is 29.6 Å². The van der Waals surface area contributed by atoms with Crippen molar-refractivity contribution in [2.75, 3.05) is 70.3 Å².